The van der Waals surface area contributed by atoms with Gasteiger partial charge in [-0.3, -0.25) is 0 Å². The summed E-state index contributed by atoms with van der Waals surface area (Å²) >= 11 is 0. The van der Waals surface area contributed by atoms with Gasteiger partial charge in [0.15, 0.2) is 0 Å². The molecule has 0 aliphatic carbocycles. The largest absolute Gasteiger partial charge is 0.392 e. The summed E-state index contributed by atoms with van der Waals surface area (Å²) in [5.41, 5.74) is 0. The maximum atomic E-state index is 11.7. The number of hydrogen-bond donors (Lipinski definition) is 1. The van der Waals surface area contributed by atoms with Gasteiger partial charge in [-0.15, -0.1) is 0 Å². The number of β-amino-alcohol motifs (C(OH)–C–C–N with tert-alkyl or cyclic N) is 1. The summed E-state index contributed by atoms with van der Waals surface area (Å²) in [6.07, 6.45) is 1.04. The Kier molecular flexibility index (Phi) is 2.31. The lowest BCUT2D eigenvalue weighted by Gasteiger charge is -2.33. The van der Waals surface area contributed by atoms with Crippen LogP contribution in [0.4, 0.5) is 0 Å². The minimum Gasteiger partial charge on any atom is -0.392 e. The molecular formula is C7H14N2O3S. The number of hydrogen-bond acceptors (Lipinski definition) is 3. The fourth-order valence-electron chi connectivity index (χ4n) is 1.60. The molecule has 6 heteroatoms. The second-order valence-electron chi connectivity index (χ2n) is 3.56. The summed E-state index contributed by atoms with van der Waals surface area (Å²) in [5, 5.41) is 9.21. The minimum atomic E-state index is -3.23. The highest BCUT2D eigenvalue weighted by molar-refractivity contribution is 7.86. The van der Waals surface area contributed by atoms with Gasteiger partial charge in [0, 0.05) is 26.2 Å². The Morgan fingerprint density at radius 3 is 2.23 bits per heavy atom. The van der Waals surface area contributed by atoms with Gasteiger partial charge in [0.05, 0.1) is 6.10 Å². The Labute approximate surface area is 78.1 Å². The summed E-state index contributed by atoms with van der Waals surface area (Å²) in [5.74, 6) is 0. The number of aliphatic hydroxyl groups excluding tert-OH is 1. The van der Waals surface area contributed by atoms with Gasteiger partial charge in [0.2, 0.25) is 0 Å². The Bertz CT molecular complexity index is 286. The lowest BCUT2D eigenvalue weighted by atomic mass is 10.3. The van der Waals surface area contributed by atoms with E-state index >= 15 is 0 Å². The molecule has 2 fully saturated rings. The van der Waals surface area contributed by atoms with Crippen molar-refractivity contribution < 1.29 is 13.5 Å². The Hall–Kier alpha value is -0.170. The molecule has 2 saturated heterocycles. The van der Waals surface area contributed by atoms with Crippen molar-refractivity contribution in [1.29, 1.82) is 0 Å². The zero-order valence-corrected chi connectivity index (χ0v) is 8.20. The third-order valence-electron chi connectivity index (χ3n) is 2.59. The highest BCUT2D eigenvalue weighted by Crippen LogP contribution is 2.20. The van der Waals surface area contributed by atoms with Gasteiger partial charge in [-0.2, -0.15) is 17.0 Å². The van der Waals surface area contributed by atoms with Crippen LogP contribution in [0.15, 0.2) is 0 Å². The predicted molar refractivity (Wildman–Crippen MR) is 47.3 cm³/mol. The molecule has 0 amide bonds. The second kappa shape index (κ2) is 3.20. The van der Waals surface area contributed by atoms with Gasteiger partial charge < -0.3 is 5.11 Å². The van der Waals surface area contributed by atoms with E-state index in [0.717, 1.165) is 6.42 Å². The standard InChI is InChI=1S/C7H14N2O3S/c10-7-2-5-9(6-7)13(11,12)8-3-1-4-8/h7,10H,1-6H2/t7-/m0/s1. The number of rotatable bonds is 2. The van der Waals surface area contributed by atoms with Gasteiger partial charge in [-0.1, -0.05) is 0 Å². The van der Waals surface area contributed by atoms with Crippen LogP contribution in [-0.2, 0) is 10.2 Å². The normalized spacial score (nSPS) is 31.9. The van der Waals surface area contributed by atoms with Crippen LogP contribution in [0.5, 0.6) is 0 Å². The molecule has 0 bridgehead atoms. The van der Waals surface area contributed by atoms with Crippen molar-refractivity contribution >= 4 is 10.2 Å². The van der Waals surface area contributed by atoms with E-state index < -0.39 is 16.3 Å². The van der Waals surface area contributed by atoms with Crippen LogP contribution in [-0.4, -0.2) is 54.4 Å². The Morgan fingerprint density at radius 2 is 1.85 bits per heavy atom. The van der Waals surface area contributed by atoms with Gasteiger partial charge in [-0.25, -0.2) is 0 Å². The molecule has 76 valence electrons. The van der Waals surface area contributed by atoms with Crippen molar-refractivity contribution in [2.75, 3.05) is 26.2 Å². The molecule has 2 aliphatic heterocycles. The molecule has 0 saturated carbocycles. The minimum absolute atomic E-state index is 0.263. The molecule has 0 aromatic carbocycles. The first-order chi connectivity index (χ1) is 6.10. The van der Waals surface area contributed by atoms with Crippen LogP contribution in [0.1, 0.15) is 12.8 Å². The van der Waals surface area contributed by atoms with Crippen molar-refractivity contribution in [1.82, 2.24) is 8.61 Å². The summed E-state index contributed by atoms with van der Waals surface area (Å²) in [7, 11) is -3.23. The van der Waals surface area contributed by atoms with Crippen LogP contribution < -0.4 is 0 Å². The highest BCUT2D eigenvalue weighted by atomic mass is 32.2. The summed E-state index contributed by atoms with van der Waals surface area (Å²) in [4.78, 5) is 0. The molecule has 5 nitrogen and oxygen atoms in total. The molecule has 2 aliphatic rings. The van der Waals surface area contributed by atoms with E-state index in [9.17, 15) is 13.5 Å². The van der Waals surface area contributed by atoms with E-state index in [1.807, 2.05) is 0 Å². The molecule has 0 aromatic rings. The molecule has 1 atom stereocenters. The maximum absolute atomic E-state index is 11.7. The smallest absolute Gasteiger partial charge is 0.282 e. The predicted octanol–water partition coefficient (Wildman–Crippen LogP) is -0.996. The van der Waals surface area contributed by atoms with E-state index in [4.69, 9.17) is 0 Å². The van der Waals surface area contributed by atoms with Crippen molar-refractivity contribution in [3.63, 3.8) is 0 Å². The number of nitrogens with zero attached hydrogens (tertiary/aromatic N) is 2. The summed E-state index contributed by atoms with van der Waals surface area (Å²) in [6, 6.07) is 0. The van der Waals surface area contributed by atoms with Gasteiger partial charge in [0.1, 0.15) is 0 Å². The Morgan fingerprint density at radius 1 is 1.15 bits per heavy atom. The van der Waals surface area contributed by atoms with Gasteiger partial charge >= 0.3 is 0 Å². The quantitative estimate of drug-likeness (QED) is 0.630. The molecular weight excluding hydrogens is 192 g/mol. The van der Waals surface area contributed by atoms with E-state index in [1.165, 1.54) is 8.61 Å². The van der Waals surface area contributed by atoms with Crippen LogP contribution in [0.2, 0.25) is 0 Å². The lowest BCUT2D eigenvalue weighted by molar-refractivity contribution is 0.186. The topological polar surface area (TPSA) is 60.9 Å². The monoisotopic (exact) mass is 206 g/mol. The van der Waals surface area contributed by atoms with Crippen LogP contribution in [0.25, 0.3) is 0 Å². The molecule has 0 unspecified atom stereocenters. The first-order valence-electron chi connectivity index (χ1n) is 4.54. The SMILES string of the molecule is O=S(=O)(N1CCC1)N1CC[C@H](O)C1. The van der Waals surface area contributed by atoms with Crippen LogP contribution in [0.3, 0.4) is 0 Å². The van der Waals surface area contributed by atoms with E-state index in [1.54, 1.807) is 0 Å². The molecule has 0 radical (unpaired) electrons. The van der Waals surface area contributed by atoms with Crippen molar-refractivity contribution in [3.05, 3.63) is 0 Å². The van der Waals surface area contributed by atoms with Gasteiger partial charge in [-0.05, 0) is 12.8 Å². The molecule has 2 heterocycles. The average molecular weight is 206 g/mol. The fourth-order valence-corrected chi connectivity index (χ4v) is 3.34. The molecule has 13 heavy (non-hydrogen) atoms. The summed E-state index contributed by atoms with van der Waals surface area (Å²) < 4.78 is 26.2. The van der Waals surface area contributed by atoms with E-state index in [2.05, 4.69) is 0 Å². The third-order valence-corrected chi connectivity index (χ3v) is 4.60. The average Bonchev–Trinajstić information content (AvgIpc) is 2.30. The molecule has 1 N–H and O–H groups in total. The van der Waals surface area contributed by atoms with E-state index in [-0.39, 0.29) is 6.54 Å². The Balaban J connectivity index is 2.06. The summed E-state index contributed by atoms with van der Waals surface area (Å²) in [6.45, 7) is 1.99. The van der Waals surface area contributed by atoms with Crippen LogP contribution in [0, 0.1) is 0 Å². The van der Waals surface area contributed by atoms with E-state index in [0.29, 0.717) is 26.1 Å². The zero-order chi connectivity index (χ0) is 9.47. The zero-order valence-electron chi connectivity index (χ0n) is 7.39. The maximum Gasteiger partial charge on any atom is 0.282 e. The first kappa shape index (κ1) is 9.39. The van der Waals surface area contributed by atoms with Crippen molar-refractivity contribution in [3.8, 4) is 0 Å². The van der Waals surface area contributed by atoms with Gasteiger partial charge in [0.25, 0.3) is 10.2 Å². The lowest BCUT2D eigenvalue weighted by Crippen LogP contribution is -2.49. The third kappa shape index (κ3) is 1.59. The molecule has 2 rings (SSSR count). The molecule has 0 spiro atoms. The fraction of sp³-hybridized carbons (Fsp3) is 1.00. The van der Waals surface area contributed by atoms with Crippen LogP contribution >= 0.6 is 0 Å². The first-order valence-corrected chi connectivity index (χ1v) is 5.94. The highest BCUT2D eigenvalue weighted by Gasteiger charge is 2.37. The van der Waals surface area contributed by atoms with Crippen molar-refractivity contribution in [2.45, 2.75) is 18.9 Å². The second-order valence-corrected chi connectivity index (χ2v) is 5.49. The number of aliphatic hydroxyl groups is 1. The van der Waals surface area contributed by atoms with Crippen molar-refractivity contribution in [2.24, 2.45) is 0 Å². The molecule has 0 aromatic heterocycles.